The van der Waals surface area contributed by atoms with Crippen molar-refractivity contribution in [3.8, 4) is 17.1 Å². The van der Waals surface area contributed by atoms with Gasteiger partial charge in [-0.15, -0.1) is 12.4 Å². The molecule has 0 fully saturated rings. The molecule has 0 aliphatic rings. The molecule has 0 radical (unpaired) electrons. The molecule has 178 valence electrons. The van der Waals surface area contributed by atoms with Crippen LogP contribution in [-0.2, 0) is 9.53 Å². The predicted molar refractivity (Wildman–Crippen MR) is 133 cm³/mol. The van der Waals surface area contributed by atoms with Gasteiger partial charge in [0.25, 0.3) is 0 Å². The summed E-state index contributed by atoms with van der Waals surface area (Å²) in [4.78, 5) is 25.1. The summed E-state index contributed by atoms with van der Waals surface area (Å²) in [5, 5.41) is 3.71. The van der Waals surface area contributed by atoms with Crippen molar-refractivity contribution in [1.29, 1.82) is 0 Å². The van der Waals surface area contributed by atoms with E-state index >= 15 is 0 Å². The lowest BCUT2D eigenvalue weighted by Crippen LogP contribution is -2.38. The number of hydrogen-bond donors (Lipinski definition) is 1. The molecule has 1 aromatic heterocycles. The molecule has 0 aliphatic carbocycles. The molecule has 1 atom stereocenters. The zero-order valence-corrected chi connectivity index (χ0v) is 20.4. The zero-order chi connectivity index (χ0) is 23.1. The molecule has 0 amide bonds. The summed E-state index contributed by atoms with van der Waals surface area (Å²) < 4.78 is 17.8. The standard InChI is InChI=1S/C26H31NO5.ClH/c1-5-14-27-16-19(31-25(29)26(2,3)4)17-30-22-13-9-12-20-21(28)15-23(32-24(20)22)18-10-7-6-8-11-18;/h6-13,15,19,27H,5,14,16-17H2,1-4H3;1H. The van der Waals surface area contributed by atoms with Gasteiger partial charge in [0.1, 0.15) is 18.5 Å². The normalized spacial score (nSPS) is 12.1. The van der Waals surface area contributed by atoms with E-state index in [0.29, 0.717) is 29.0 Å². The predicted octanol–water partition coefficient (Wildman–Crippen LogP) is 5.22. The Labute approximate surface area is 200 Å². The number of nitrogens with one attached hydrogen (secondary N) is 1. The summed E-state index contributed by atoms with van der Waals surface area (Å²) in [6.45, 7) is 8.94. The van der Waals surface area contributed by atoms with Gasteiger partial charge >= 0.3 is 5.97 Å². The maximum absolute atomic E-state index is 12.7. The Hall–Kier alpha value is -2.83. The van der Waals surface area contributed by atoms with E-state index in [1.807, 2.05) is 51.1 Å². The first-order valence-electron chi connectivity index (χ1n) is 11.0. The summed E-state index contributed by atoms with van der Waals surface area (Å²) in [6, 6.07) is 16.2. The van der Waals surface area contributed by atoms with Crippen molar-refractivity contribution in [2.24, 2.45) is 5.41 Å². The quantitative estimate of drug-likeness (QED) is 0.339. The summed E-state index contributed by atoms with van der Waals surface area (Å²) in [7, 11) is 0. The van der Waals surface area contributed by atoms with E-state index in [9.17, 15) is 9.59 Å². The molecule has 2 aromatic carbocycles. The second-order valence-electron chi connectivity index (χ2n) is 8.77. The molecule has 0 spiro atoms. The van der Waals surface area contributed by atoms with E-state index < -0.39 is 11.5 Å². The van der Waals surface area contributed by atoms with Crippen molar-refractivity contribution >= 4 is 29.3 Å². The highest BCUT2D eigenvalue weighted by atomic mass is 35.5. The number of rotatable bonds is 9. The third-order valence-electron chi connectivity index (χ3n) is 4.89. The van der Waals surface area contributed by atoms with Crippen LogP contribution in [0.15, 0.2) is 63.8 Å². The number of halogens is 1. The largest absolute Gasteiger partial charge is 0.486 e. The first-order valence-corrected chi connectivity index (χ1v) is 11.0. The topological polar surface area (TPSA) is 77.8 Å². The van der Waals surface area contributed by atoms with E-state index in [1.165, 1.54) is 6.07 Å². The smallest absolute Gasteiger partial charge is 0.311 e. The van der Waals surface area contributed by atoms with Crippen LogP contribution in [-0.4, -0.2) is 31.8 Å². The van der Waals surface area contributed by atoms with Crippen molar-refractivity contribution in [2.75, 3.05) is 19.7 Å². The van der Waals surface area contributed by atoms with E-state index in [2.05, 4.69) is 12.2 Å². The molecule has 0 bridgehead atoms. The third-order valence-corrected chi connectivity index (χ3v) is 4.89. The molecule has 1 N–H and O–H groups in total. The highest BCUT2D eigenvalue weighted by Crippen LogP contribution is 2.28. The maximum Gasteiger partial charge on any atom is 0.311 e. The molecule has 1 heterocycles. The summed E-state index contributed by atoms with van der Waals surface area (Å²) >= 11 is 0. The number of hydrogen-bond acceptors (Lipinski definition) is 6. The lowest BCUT2D eigenvalue weighted by atomic mass is 9.97. The van der Waals surface area contributed by atoms with Crippen molar-refractivity contribution in [3.05, 3.63) is 64.8 Å². The molecule has 7 heteroatoms. The van der Waals surface area contributed by atoms with Crippen molar-refractivity contribution in [3.63, 3.8) is 0 Å². The Balaban J connectivity index is 0.00000385. The molecule has 3 aromatic rings. The van der Waals surface area contributed by atoms with Crippen LogP contribution in [0.2, 0.25) is 0 Å². The number of ether oxygens (including phenoxy) is 2. The molecular weight excluding hydrogens is 442 g/mol. The molecule has 0 saturated carbocycles. The highest BCUT2D eigenvalue weighted by Gasteiger charge is 2.27. The maximum atomic E-state index is 12.7. The summed E-state index contributed by atoms with van der Waals surface area (Å²) in [6.07, 6.45) is 0.491. The van der Waals surface area contributed by atoms with Crippen LogP contribution in [0.5, 0.6) is 5.75 Å². The molecule has 0 saturated heterocycles. The van der Waals surface area contributed by atoms with E-state index in [0.717, 1.165) is 18.5 Å². The average Bonchev–Trinajstić information content (AvgIpc) is 2.77. The number of fused-ring (bicyclic) bond motifs is 1. The van der Waals surface area contributed by atoms with Crippen LogP contribution in [0, 0.1) is 5.41 Å². The Morgan fingerprint density at radius 1 is 1.09 bits per heavy atom. The molecule has 33 heavy (non-hydrogen) atoms. The van der Waals surface area contributed by atoms with Crippen molar-refractivity contribution in [1.82, 2.24) is 5.32 Å². The fraction of sp³-hybridized carbons (Fsp3) is 0.385. The second kappa shape index (κ2) is 11.9. The molecule has 0 aliphatic heterocycles. The number of carbonyl (C=O) groups is 1. The Morgan fingerprint density at radius 3 is 2.48 bits per heavy atom. The Morgan fingerprint density at radius 2 is 1.82 bits per heavy atom. The van der Waals surface area contributed by atoms with E-state index in [4.69, 9.17) is 13.9 Å². The monoisotopic (exact) mass is 473 g/mol. The molecule has 6 nitrogen and oxygen atoms in total. The Kier molecular flexibility index (Phi) is 9.50. The van der Waals surface area contributed by atoms with Crippen LogP contribution in [0.4, 0.5) is 0 Å². The first-order chi connectivity index (χ1) is 15.3. The Bertz CT molecular complexity index is 1110. The zero-order valence-electron chi connectivity index (χ0n) is 19.6. The van der Waals surface area contributed by atoms with Crippen molar-refractivity contribution < 1.29 is 18.7 Å². The van der Waals surface area contributed by atoms with Crippen LogP contribution >= 0.6 is 12.4 Å². The fourth-order valence-corrected chi connectivity index (χ4v) is 3.10. The van der Waals surface area contributed by atoms with Gasteiger partial charge in [0.2, 0.25) is 0 Å². The minimum atomic E-state index is -0.611. The van der Waals surface area contributed by atoms with E-state index in [-0.39, 0.29) is 30.4 Å². The van der Waals surface area contributed by atoms with Crippen molar-refractivity contribution in [2.45, 2.75) is 40.2 Å². The summed E-state index contributed by atoms with van der Waals surface area (Å²) in [5.74, 6) is 0.615. The van der Waals surface area contributed by atoms with Crippen LogP contribution < -0.4 is 15.5 Å². The van der Waals surface area contributed by atoms with Gasteiger partial charge in [-0.3, -0.25) is 9.59 Å². The lowest BCUT2D eigenvalue weighted by molar-refractivity contribution is -0.159. The molecule has 3 rings (SSSR count). The van der Waals surface area contributed by atoms with Gasteiger partial charge in [-0.2, -0.15) is 0 Å². The van der Waals surface area contributed by atoms with Crippen LogP contribution in [0.1, 0.15) is 34.1 Å². The van der Waals surface area contributed by atoms with Crippen LogP contribution in [0.3, 0.4) is 0 Å². The van der Waals surface area contributed by atoms with Gasteiger partial charge in [-0.1, -0.05) is 43.3 Å². The minimum Gasteiger partial charge on any atom is -0.486 e. The van der Waals surface area contributed by atoms with Gasteiger partial charge in [0.15, 0.2) is 16.8 Å². The highest BCUT2D eigenvalue weighted by molar-refractivity contribution is 5.85. The fourth-order valence-electron chi connectivity index (χ4n) is 3.10. The number of benzene rings is 2. The average molecular weight is 474 g/mol. The SMILES string of the molecule is CCCNCC(COc1cccc2c(=O)cc(-c3ccccc3)oc12)OC(=O)C(C)(C)C.Cl. The van der Waals surface area contributed by atoms with Crippen LogP contribution in [0.25, 0.3) is 22.3 Å². The molecular formula is C26H32ClNO5. The number of carbonyl (C=O) groups excluding carboxylic acids is 1. The van der Waals surface area contributed by atoms with Gasteiger partial charge < -0.3 is 19.2 Å². The lowest BCUT2D eigenvalue weighted by Gasteiger charge is -2.24. The van der Waals surface area contributed by atoms with Gasteiger partial charge in [-0.05, 0) is 45.9 Å². The molecule has 1 unspecified atom stereocenters. The number of esters is 1. The van der Waals surface area contributed by atoms with Gasteiger partial charge in [0.05, 0.1) is 10.8 Å². The minimum absolute atomic E-state index is 0. The van der Waals surface area contributed by atoms with Gasteiger partial charge in [0, 0.05) is 18.2 Å². The first kappa shape index (κ1) is 26.4. The summed E-state index contributed by atoms with van der Waals surface area (Å²) in [5.41, 5.74) is 0.430. The second-order valence-corrected chi connectivity index (χ2v) is 8.77. The van der Waals surface area contributed by atoms with E-state index in [1.54, 1.807) is 18.2 Å². The third kappa shape index (κ3) is 7.07. The van der Waals surface area contributed by atoms with Gasteiger partial charge in [-0.25, -0.2) is 0 Å². The number of para-hydroxylation sites is 1.